The van der Waals surface area contributed by atoms with Crippen LogP contribution in [0.15, 0.2) is 36.4 Å². The maximum Gasteiger partial charge on any atom is 0.311 e. The number of benzene rings is 1. The summed E-state index contributed by atoms with van der Waals surface area (Å²) >= 11 is 5.77. The van der Waals surface area contributed by atoms with Crippen molar-refractivity contribution >= 4 is 28.8 Å². The number of nitrogens with one attached hydrogen (secondary N) is 1. The molecule has 1 N–H and O–H groups in total. The van der Waals surface area contributed by atoms with Gasteiger partial charge >= 0.3 is 5.69 Å². The van der Waals surface area contributed by atoms with Gasteiger partial charge in [0.15, 0.2) is 0 Å². The zero-order valence-corrected chi connectivity index (χ0v) is 10.3. The van der Waals surface area contributed by atoms with E-state index in [4.69, 9.17) is 11.6 Å². The lowest BCUT2D eigenvalue weighted by molar-refractivity contribution is -0.384. The molecule has 0 unspecified atom stereocenters. The molecule has 2 rings (SSSR count). The van der Waals surface area contributed by atoms with E-state index in [1.807, 2.05) is 0 Å². The third-order valence-electron chi connectivity index (χ3n) is 2.32. The molecule has 0 fully saturated rings. The zero-order chi connectivity index (χ0) is 13.1. The Kier molecular flexibility index (Phi) is 3.43. The minimum Gasteiger partial charge on any atom is -0.334 e. The monoisotopic (exact) mass is 263 g/mol. The molecule has 6 heteroatoms. The third kappa shape index (κ3) is 2.75. The summed E-state index contributed by atoms with van der Waals surface area (Å²) in [7, 11) is 0. The number of halogens is 1. The highest BCUT2D eigenvalue weighted by Gasteiger charge is 2.15. The van der Waals surface area contributed by atoms with Crippen LogP contribution >= 0.6 is 11.6 Å². The molecule has 1 heterocycles. The number of hydrogen-bond acceptors (Lipinski definition) is 4. The molecule has 0 aliphatic carbocycles. The molecular formula is C12H10ClN3O2. The highest BCUT2D eigenvalue weighted by molar-refractivity contribution is 6.30. The summed E-state index contributed by atoms with van der Waals surface area (Å²) in [5.74, 6) is 0.224. The number of hydrogen-bond donors (Lipinski definition) is 1. The average Bonchev–Trinajstić information content (AvgIpc) is 2.32. The van der Waals surface area contributed by atoms with Crippen LogP contribution in [0.2, 0.25) is 5.02 Å². The highest BCUT2D eigenvalue weighted by Crippen LogP contribution is 2.26. The Labute approximate surface area is 109 Å². The maximum atomic E-state index is 10.9. The second-order valence-electron chi connectivity index (χ2n) is 3.71. The molecular weight excluding hydrogens is 254 g/mol. The van der Waals surface area contributed by atoms with Crippen LogP contribution in [-0.2, 0) is 0 Å². The maximum absolute atomic E-state index is 10.9. The molecule has 2 aromatic rings. The SMILES string of the molecule is Cc1ccc([N+](=O)[O-])c(Nc2ccc(Cl)cc2)n1. The van der Waals surface area contributed by atoms with E-state index in [1.165, 1.54) is 6.07 Å². The van der Waals surface area contributed by atoms with Crippen LogP contribution in [-0.4, -0.2) is 9.91 Å². The smallest absolute Gasteiger partial charge is 0.311 e. The van der Waals surface area contributed by atoms with Crippen molar-refractivity contribution in [3.05, 3.63) is 57.2 Å². The summed E-state index contributed by atoms with van der Waals surface area (Å²) in [6.07, 6.45) is 0. The molecule has 0 aliphatic rings. The van der Waals surface area contributed by atoms with Gasteiger partial charge < -0.3 is 5.32 Å². The van der Waals surface area contributed by atoms with Crippen molar-refractivity contribution in [1.82, 2.24) is 4.98 Å². The number of pyridine rings is 1. The first-order valence-electron chi connectivity index (χ1n) is 5.21. The Balaban J connectivity index is 2.35. The number of aromatic nitrogens is 1. The van der Waals surface area contributed by atoms with Crippen molar-refractivity contribution in [2.24, 2.45) is 0 Å². The quantitative estimate of drug-likeness (QED) is 0.677. The van der Waals surface area contributed by atoms with Crippen LogP contribution in [0, 0.1) is 17.0 Å². The summed E-state index contributed by atoms with van der Waals surface area (Å²) in [6, 6.07) is 9.90. The van der Waals surface area contributed by atoms with Crippen molar-refractivity contribution in [3.8, 4) is 0 Å². The summed E-state index contributed by atoms with van der Waals surface area (Å²) in [5.41, 5.74) is 1.34. The van der Waals surface area contributed by atoms with E-state index in [-0.39, 0.29) is 11.5 Å². The van der Waals surface area contributed by atoms with Gasteiger partial charge in [0.2, 0.25) is 5.82 Å². The van der Waals surface area contributed by atoms with E-state index in [2.05, 4.69) is 10.3 Å². The fraction of sp³-hybridized carbons (Fsp3) is 0.0833. The second-order valence-corrected chi connectivity index (χ2v) is 4.15. The van der Waals surface area contributed by atoms with Crippen LogP contribution in [0.4, 0.5) is 17.2 Å². The Morgan fingerprint density at radius 2 is 1.89 bits per heavy atom. The first-order chi connectivity index (χ1) is 8.56. The first-order valence-corrected chi connectivity index (χ1v) is 5.58. The fourth-order valence-corrected chi connectivity index (χ4v) is 1.58. The van der Waals surface area contributed by atoms with Gasteiger partial charge in [0.05, 0.1) is 4.92 Å². The van der Waals surface area contributed by atoms with E-state index in [1.54, 1.807) is 37.3 Å². The summed E-state index contributed by atoms with van der Waals surface area (Å²) in [6.45, 7) is 1.77. The summed E-state index contributed by atoms with van der Waals surface area (Å²) < 4.78 is 0. The van der Waals surface area contributed by atoms with Crippen LogP contribution in [0.5, 0.6) is 0 Å². The molecule has 0 saturated heterocycles. The molecule has 0 amide bonds. The van der Waals surface area contributed by atoms with Crippen LogP contribution in [0.3, 0.4) is 0 Å². The van der Waals surface area contributed by atoms with Gasteiger partial charge in [-0.25, -0.2) is 4.98 Å². The van der Waals surface area contributed by atoms with Gasteiger partial charge in [0.1, 0.15) is 0 Å². The van der Waals surface area contributed by atoms with E-state index in [9.17, 15) is 10.1 Å². The van der Waals surface area contributed by atoms with E-state index < -0.39 is 4.92 Å². The van der Waals surface area contributed by atoms with Gasteiger partial charge in [-0.05, 0) is 37.3 Å². The molecule has 18 heavy (non-hydrogen) atoms. The van der Waals surface area contributed by atoms with Gasteiger partial charge in [-0.15, -0.1) is 0 Å². The minimum atomic E-state index is -0.468. The molecule has 0 bridgehead atoms. The van der Waals surface area contributed by atoms with Crippen molar-refractivity contribution in [3.63, 3.8) is 0 Å². The molecule has 0 saturated carbocycles. The van der Waals surface area contributed by atoms with Gasteiger partial charge in [-0.3, -0.25) is 10.1 Å². The number of aryl methyl sites for hydroxylation is 1. The lowest BCUT2D eigenvalue weighted by Crippen LogP contribution is -2.00. The summed E-state index contributed by atoms with van der Waals surface area (Å²) in [4.78, 5) is 14.5. The van der Waals surface area contributed by atoms with Crippen molar-refractivity contribution < 1.29 is 4.92 Å². The highest BCUT2D eigenvalue weighted by atomic mass is 35.5. The van der Waals surface area contributed by atoms with Crippen molar-refractivity contribution in [1.29, 1.82) is 0 Å². The average molecular weight is 264 g/mol. The van der Waals surface area contributed by atoms with Crippen molar-refractivity contribution in [2.75, 3.05) is 5.32 Å². The number of anilines is 2. The Hall–Kier alpha value is -2.14. The van der Waals surface area contributed by atoms with Crippen LogP contribution < -0.4 is 5.32 Å². The lowest BCUT2D eigenvalue weighted by Gasteiger charge is -2.06. The van der Waals surface area contributed by atoms with Gasteiger partial charge in [0.25, 0.3) is 0 Å². The third-order valence-corrected chi connectivity index (χ3v) is 2.57. The number of nitro groups is 1. The standard InChI is InChI=1S/C12H10ClN3O2/c1-8-2-7-11(16(17)18)12(14-8)15-10-5-3-9(13)4-6-10/h2-7H,1H3,(H,14,15). The zero-order valence-electron chi connectivity index (χ0n) is 9.55. The Bertz CT molecular complexity index is 584. The molecule has 92 valence electrons. The van der Waals surface area contributed by atoms with E-state index in [0.717, 1.165) is 0 Å². The second kappa shape index (κ2) is 5.01. The lowest BCUT2D eigenvalue weighted by atomic mass is 10.3. The molecule has 1 aromatic heterocycles. The molecule has 1 aromatic carbocycles. The van der Waals surface area contributed by atoms with Gasteiger partial charge in [-0.2, -0.15) is 0 Å². The summed E-state index contributed by atoms with van der Waals surface area (Å²) in [5, 5.41) is 14.4. The van der Waals surface area contributed by atoms with Crippen LogP contribution in [0.25, 0.3) is 0 Å². The van der Waals surface area contributed by atoms with E-state index >= 15 is 0 Å². The molecule has 0 spiro atoms. The van der Waals surface area contributed by atoms with E-state index in [0.29, 0.717) is 16.4 Å². The Morgan fingerprint density at radius 3 is 2.50 bits per heavy atom. The van der Waals surface area contributed by atoms with Crippen molar-refractivity contribution in [2.45, 2.75) is 6.92 Å². The number of nitrogens with zero attached hydrogens (tertiary/aromatic N) is 2. The molecule has 0 radical (unpaired) electrons. The Morgan fingerprint density at radius 1 is 1.22 bits per heavy atom. The minimum absolute atomic E-state index is 0.0597. The molecule has 0 atom stereocenters. The topological polar surface area (TPSA) is 68.1 Å². The molecule has 5 nitrogen and oxygen atoms in total. The fourth-order valence-electron chi connectivity index (χ4n) is 1.46. The molecule has 0 aliphatic heterocycles. The number of rotatable bonds is 3. The van der Waals surface area contributed by atoms with Gasteiger partial charge in [-0.1, -0.05) is 11.6 Å². The normalized spacial score (nSPS) is 10.1. The van der Waals surface area contributed by atoms with Gasteiger partial charge in [0, 0.05) is 22.5 Å². The largest absolute Gasteiger partial charge is 0.334 e. The predicted octanol–water partition coefficient (Wildman–Crippen LogP) is 3.70. The van der Waals surface area contributed by atoms with Crippen LogP contribution in [0.1, 0.15) is 5.69 Å². The first kappa shape index (κ1) is 12.3. The predicted molar refractivity (Wildman–Crippen MR) is 70.4 cm³/mol.